The van der Waals surface area contributed by atoms with Crippen LogP contribution < -0.4 is 12.4 Å². The van der Waals surface area contributed by atoms with Crippen molar-refractivity contribution in [3.63, 3.8) is 0 Å². The van der Waals surface area contributed by atoms with Gasteiger partial charge in [0.15, 0.2) is 0 Å². The van der Waals surface area contributed by atoms with E-state index in [4.69, 9.17) is 0 Å². The molecule has 21 heavy (non-hydrogen) atoms. The van der Waals surface area contributed by atoms with Crippen molar-refractivity contribution >= 4 is 19.6 Å². The zero-order valence-corrected chi connectivity index (χ0v) is 16.4. The molecule has 0 radical (unpaired) electrons. The molecule has 3 heteroatoms. The van der Waals surface area contributed by atoms with E-state index in [0.29, 0.717) is 5.41 Å². The quantitative estimate of drug-likeness (QED) is 0.721. The van der Waals surface area contributed by atoms with Crippen LogP contribution in [0.5, 0.6) is 0 Å². The molecule has 0 spiro atoms. The monoisotopic (exact) mass is 424 g/mol. The van der Waals surface area contributed by atoms with E-state index in [9.17, 15) is 5.11 Å². The number of benzene rings is 1. The summed E-state index contributed by atoms with van der Waals surface area (Å²) in [6.45, 7) is 4.85. The number of hydrogen-bond donors (Lipinski definition) is 1. The average Bonchev–Trinajstić information content (AvgIpc) is 2.74. The number of hydrogen-bond acceptors (Lipinski definition) is 1. The first-order chi connectivity index (χ1) is 9.46. The van der Waals surface area contributed by atoms with Crippen LogP contribution in [-0.2, 0) is 4.47 Å². The minimum absolute atomic E-state index is 0. The first kappa shape index (κ1) is 17.6. The topological polar surface area (TPSA) is 20.2 Å². The summed E-state index contributed by atoms with van der Waals surface area (Å²) >= 11 is -1.15. The van der Waals surface area contributed by atoms with Crippen LogP contribution in [0.25, 0.3) is 0 Å². The Morgan fingerprint density at radius 1 is 1.24 bits per heavy atom. The second-order valence-corrected chi connectivity index (χ2v) is 13.5. The fourth-order valence-corrected chi connectivity index (χ4v) is 11.7. The van der Waals surface area contributed by atoms with Crippen molar-refractivity contribution in [1.29, 1.82) is 0 Å². The molecule has 118 valence electrons. The largest absolute Gasteiger partial charge is 1.00 e. The number of aliphatic hydroxyl groups is 1. The maximum Gasteiger partial charge on any atom is -1.00 e. The summed E-state index contributed by atoms with van der Waals surface area (Å²) in [6.07, 6.45) is 3.65. The number of halogens is 1. The third-order valence-electron chi connectivity index (χ3n) is 6.15. The summed E-state index contributed by atoms with van der Waals surface area (Å²) in [7, 11) is 0. The van der Waals surface area contributed by atoms with Crippen molar-refractivity contribution in [2.75, 3.05) is 0 Å². The zero-order chi connectivity index (χ0) is 14.4. The van der Waals surface area contributed by atoms with Gasteiger partial charge >= 0.3 is 130 Å². The van der Waals surface area contributed by atoms with E-state index >= 15 is 0 Å². The zero-order valence-electron chi connectivity index (χ0n) is 13.3. The minimum atomic E-state index is -1.15. The van der Waals surface area contributed by atoms with Crippen molar-refractivity contribution in [2.45, 2.75) is 53.1 Å². The van der Waals surface area contributed by atoms with Crippen LogP contribution in [0.3, 0.4) is 0 Å². The fraction of sp³-hybridized carbons (Fsp3) is 0.667. The molecule has 0 aliphatic heterocycles. The predicted octanol–water partition coefficient (Wildman–Crippen LogP) is 1.08. The van der Waals surface area contributed by atoms with E-state index in [1.54, 1.807) is 0 Å². The molecule has 2 aliphatic carbocycles. The van der Waals surface area contributed by atoms with Crippen LogP contribution in [0.4, 0.5) is 0 Å². The molecule has 1 aromatic carbocycles. The van der Waals surface area contributed by atoms with E-state index in [0.717, 1.165) is 12.3 Å². The van der Waals surface area contributed by atoms with Gasteiger partial charge in [0.25, 0.3) is 0 Å². The van der Waals surface area contributed by atoms with Gasteiger partial charge in [-0.15, -0.1) is 0 Å². The Labute approximate surface area is 142 Å². The van der Waals surface area contributed by atoms with E-state index < -0.39 is 19.6 Å². The van der Waals surface area contributed by atoms with Crippen molar-refractivity contribution in [1.82, 2.24) is 0 Å². The molecule has 0 aromatic heterocycles. The molecule has 0 unspecified atom stereocenters. The van der Waals surface area contributed by atoms with E-state index in [-0.39, 0.29) is 23.9 Å². The number of rotatable bonds is 4. The molecule has 0 saturated heterocycles. The van der Waals surface area contributed by atoms with Crippen LogP contribution in [0.15, 0.2) is 30.3 Å². The molecule has 2 fully saturated rings. The molecule has 1 N–H and O–H groups in total. The second-order valence-electron chi connectivity index (χ2n) is 7.42. The van der Waals surface area contributed by atoms with E-state index in [1.807, 2.05) is 0 Å². The van der Waals surface area contributed by atoms with Gasteiger partial charge in [-0.25, -0.2) is 0 Å². The first-order valence-electron chi connectivity index (χ1n) is 7.77. The van der Waals surface area contributed by atoms with Gasteiger partial charge in [0, 0.05) is 0 Å². The third-order valence-corrected chi connectivity index (χ3v) is 11.4. The standard InChI is InChI=1S/C18H27OTe.ClH/c1-17(2)15-9-10-18(17,16(19)11-15)13-20(3)12-14-7-5-4-6-8-14;/h4-8,15-16,19H,9-13H2,1-3H3;1H/q+1;/p-1/t15-,16-,18-;/m1./s1. The minimum Gasteiger partial charge on any atom is -1.00 e. The van der Waals surface area contributed by atoms with Gasteiger partial charge < -0.3 is 12.4 Å². The second kappa shape index (κ2) is 6.40. The molecule has 0 amide bonds. The Morgan fingerprint density at radius 3 is 2.43 bits per heavy atom. The SMILES string of the molecule is C[Te+](Cc1ccccc1)C[C@]12CC[C@H](C[C@H]1O)C2(C)C.[Cl-]. The van der Waals surface area contributed by atoms with Gasteiger partial charge in [-0.2, -0.15) is 0 Å². The van der Waals surface area contributed by atoms with Crippen LogP contribution in [-0.4, -0.2) is 30.8 Å². The van der Waals surface area contributed by atoms with Gasteiger partial charge in [0.05, 0.1) is 0 Å². The van der Waals surface area contributed by atoms with Crippen molar-refractivity contribution in [3.05, 3.63) is 35.9 Å². The molecule has 2 aliphatic rings. The van der Waals surface area contributed by atoms with Gasteiger partial charge in [0.2, 0.25) is 0 Å². The van der Waals surface area contributed by atoms with Crippen molar-refractivity contribution in [2.24, 2.45) is 16.7 Å². The Bertz CT molecular complexity index is 475. The predicted molar refractivity (Wildman–Crippen MR) is 86.1 cm³/mol. The fourth-order valence-electron chi connectivity index (χ4n) is 4.73. The molecule has 0 heterocycles. The summed E-state index contributed by atoms with van der Waals surface area (Å²) < 4.78 is 2.65. The van der Waals surface area contributed by atoms with E-state index in [2.05, 4.69) is 49.2 Å². The van der Waals surface area contributed by atoms with Crippen molar-refractivity contribution < 1.29 is 17.5 Å². The Balaban J connectivity index is 0.00000161. The van der Waals surface area contributed by atoms with E-state index in [1.165, 1.54) is 27.3 Å². The molecule has 2 saturated carbocycles. The molecule has 1 nitrogen and oxygen atoms in total. The number of aliphatic hydroxyl groups excluding tert-OH is 1. The van der Waals surface area contributed by atoms with Crippen molar-refractivity contribution in [3.8, 4) is 0 Å². The molecular weight excluding hydrogens is 395 g/mol. The Hall–Kier alpha value is 0.260. The van der Waals surface area contributed by atoms with Gasteiger partial charge in [-0.3, -0.25) is 0 Å². The van der Waals surface area contributed by atoms with Crippen LogP contribution in [0.2, 0.25) is 9.44 Å². The molecular formula is C18H27ClOTe. The normalized spacial score (nSPS) is 33.2. The summed E-state index contributed by atoms with van der Waals surface area (Å²) in [4.78, 5) is 2.53. The molecule has 2 bridgehead atoms. The summed E-state index contributed by atoms with van der Waals surface area (Å²) in [5.41, 5.74) is 2.11. The molecule has 3 rings (SSSR count). The summed E-state index contributed by atoms with van der Waals surface area (Å²) in [6, 6.07) is 10.9. The van der Waals surface area contributed by atoms with Crippen LogP contribution >= 0.6 is 0 Å². The summed E-state index contributed by atoms with van der Waals surface area (Å²) in [5.74, 6) is 0.765. The van der Waals surface area contributed by atoms with Gasteiger partial charge in [0.1, 0.15) is 0 Å². The third kappa shape index (κ3) is 2.90. The maximum atomic E-state index is 10.6. The summed E-state index contributed by atoms with van der Waals surface area (Å²) in [5, 5.41) is 10.6. The first-order valence-corrected chi connectivity index (χ1v) is 13.4. The molecule has 3 atom stereocenters. The van der Waals surface area contributed by atoms with Crippen LogP contribution in [0.1, 0.15) is 38.7 Å². The van der Waals surface area contributed by atoms with Gasteiger partial charge in [-0.05, 0) is 0 Å². The smallest absolute Gasteiger partial charge is 1.00 e. The average molecular weight is 422 g/mol. The van der Waals surface area contributed by atoms with Crippen LogP contribution in [0, 0.1) is 16.7 Å². The number of fused-ring (bicyclic) bond motifs is 2. The van der Waals surface area contributed by atoms with Gasteiger partial charge in [-0.1, -0.05) is 0 Å². The maximum absolute atomic E-state index is 10.6. The Morgan fingerprint density at radius 2 is 1.90 bits per heavy atom. The molecule has 1 aromatic rings. The Kier molecular flexibility index (Phi) is 5.37.